The number of aliphatic carboxylic acids is 1. The normalized spacial score (nSPS) is 14.2. The number of aromatic hydroxyl groups is 2. The molecule has 0 bridgehead atoms. The molecule has 2 aromatic rings. The minimum Gasteiger partial charge on any atom is -0.504 e. The molecule has 0 heterocycles. The first kappa shape index (κ1) is 19.3. The zero-order valence-corrected chi connectivity index (χ0v) is 14.3. The van der Waals surface area contributed by atoms with Crippen LogP contribution in [-0.4, -0.2) is 38.8 Å². The summed E-state index contributed by atoms with van der Waals surface area (Å²) >= 11 is 0. The van der Waals surface area contributed by atoms with Crippen LogP contribution in [0.2, 0.25) is 0 Å². The summed E-state index contributed by atoms with van der Waals surface area (Å²) in [7, 11) is 0. The monoisotopic (exact) mass is 358 g/mol. The van der Waals surface area contributed by atoms with Crippen LogP contribution in [0.25, 0.3) is 0 Å². The molecule has 2 rings (SSSR count). The van der Waals surface area contributed by atoms with Gasteiger partial charge < -0.3 is 26.4 Å². The van der Waals surface area contributed by atoms with Gasteiger partial charge in [0.1, 0.15) is 6.04 Å². The first-order valence-corrected chi connectivity index (χ1v) is 8.06. The minimum absolute atomic E-state index is 0.0599. The van der Waals surface area contributed by atoms with E-state index in [0.717, 1.165) is 5.56 Å². The number of carboxylic acid groups (broad SMARTS) is 1. The number of phenolic OH excluding ortho intramolecular Hbond substituents is 2. The number of nitrogens with one attached hydrogen (secondary N) is 1. The van der Waals surface area contributed by atoms with Gasteiger partial charge in [0.25, 0.3) is 0 Å². The summed E-state index contributed by atoms with van der Waals surface area (Å²) in [5.41, 5.74) is 6.00. The summed E-state index contributed by atoms with van der Waals surface area (Å²) in [6.45, 7) is 1.48. The highest BCUT2D eigenvalue weighted by molar-refractivity contribution is 5.90. The minimum atomic E-state index is -1.40. The SMILES string of the molecule is CC(N)(Cc1ccc(O)c(O)c1)C(=O)NC(Cc1ccccc1)C(=O)O. The highest BCUT2D eigenvalue weighted by Crippen LogP contribution is 2.26. The Balaban J connectivity index is 2.08. The summed E-state index contributed by atoms with van der Waals surface area (Å²) < 4.78 is 0. The van der Waals surface area contributed by atoms with Crippen LogP contribution in [0.4, 0.5) is 0 Å². The smallest absolute Gasteiger partial charge is 0.326 e. The van der Waals surface area contributed by atoms with Crippen molar-refractivity contribution in [3.8, 4) is 11.5 Å². The second kappa shape index (κ2) is 7.88. The quantitative estimate of drug-likeness (QED) is 0.472. The number of rotatable bonds is 7. The van der Waals surface area contributed by atoms with Gasteiger partial charge in [0.2, 0.25) is 5.91 Å². The van der Waals surface area contributed by atoms with E-state index in [1.807, 2.05) is 6.07 Å². The van der Waals surface area contributed by atoms with Gasteiger partial charge in [-0.25, -0.2) is 4.79 Å². The zero-order valence-electron chi connectivity index (χ0n) is 14.3. The van der Waals surface area contributed by atoms with Crippen LogP contribution in [0.1, 0.15) is 18.1 Å². The molecule has 2 aromatic carbocycles. The fraction of sp³-hybridized carbons (Fsp3) is 0.263. The molecule has 26 heavy (non-hydrogen) atoms. The summed E-state index contributed by atoms with van der Waals surface area (Å²) in [5.74, 6) is -2.36. The lowest BCUT2D eigenvalue weighted by Gasteiger charge is -2.26. The highest BCUT2D eigenvalue weighted by Gasteiger charge is 2.32. The molecule has 2 atom stereocenters. The molecular formula is C19H22N2O5. The van der Waals surface area contributed by atoms with Crippen LogP contribution >= 0.6 is 0 Å². The molecule has 1 amide bonds. The highest BCUT2D eigenvalue weighted by atomic mass is 16.4. The van der Waals surface area contributed by atoms with Crippen molar-refractivity contribution in [2.24, 2.45) is 5.73 Å². The molecule has 0 saturated carbocycles. The molecule has 0 aliphatic rings. The van der Waals surface area contributed by atoms with Crippen molar-refractivity contribution >= 4 is 11.9 Å². The average Bonchev–Trinajstić information content (AvgIpc) is 2.58. The van der Waals surface area contributed by atoms with Gasteiger partial charge >= 0.3 is 5.97 Å². The van der Waals surface area contributed by atoms with E-state index >= 15 is 0 Å². The molecule has 0 fully saturated rings. The lowest BCUT2D eigenvalue weighted by molar-refractivity contribution is -0.142. The third-order valence-electron chi connectivity index (χ3n) is 4.02. The lowest BCUT2D eigenvalue weighted by Crippen LogP contribution is -2.57. The molecule has 0 spiro atoms. The molecule has 0 saturated heterocycles. The Labute approximate surface area is 151 Å². The second-order valence-electron chi connectivity index (χ2n) is 6.47. The Bertz CT molecular complexity index is 790. The number of phenols is 2. The van der Waals surface area contributed by atoms with Gasteiger partial charge in [-0.3, -0.25) is 4.79 Å². The van der Waals surface area contributed by atoms with Crippen molar-refractivity contribution in [3.05, 3.63) is 59.7 Å². The maximum atomic E-state index is 12.5. The van der Waals surface area contributed by atoms with Crippen LogP contribution in [0.3, 0.4) is 0 Å². The summed E-state index contributed by atoms with van der Waals surface area (Å²) in [4.78, 5) is 24.0. The molecule has 6 N–H and O–H groups in total. The third kappa shape index (κ3) is 4.97. The molecule has 2 unspecified atom stereocenters. The van der Waals surface area contributed by atoms with E-state index < -0.39 is 23.5 Å². The maximum absolute atomic E-state index is 12.5. The largest absolute Gasteiger partial charge is 0.504 e. The summed E-state index contributed by atoms with van der Waals surface area (Å²) in [5, 5.41) is 30.8. The van der Waals surface area contributed by atoms with Gasteiger partial charge in [0.05, 0.1) is 5.54 Å². The van der Waals surface area contributed by atoms with Gasteiger partial charge in [-0.05, 0) is 36.6 Å². The Morgan fingerprint density at radius 2 is 1.73 bits per heavy atom. The number of benzene rings is 2. The maximum Gasteiger partial charge on any atom is 0.326 e. The van der Waals surface area contributed by atoms with Crippen molar-refractivity contribution < 1.29 is 24.9 Å². The zero-order chi connectivity index (χ0) is 19.3. The Morgan fingerprint density at radius 3 is 2.31 bits per heavy atom. The number of carboxylic acids is 1. The van der Waals surface area contributed by atoms with Crippen LogP contribution in [0, 0.1) is 0 Å². The predicted octanol–water partition coefficient (Wildman–Crippen LogP) is 1.17. The van der Waals surface area contributed by atoms with Crippen molar-refractivity contribution in [2.45, 2.75) is 31.3 Å². The number of hydrogen-bond acceptors (Lipinski definition) is 5. The van der Waals surface area contributed by atoms with E-state index in [2.05, 4.69) is 5.32 Å². The molecular weight excluding hydrogens is 336 g/mol. The lowest BCUT2D eigenvalue weighted by atomic mass is 9.92. The molecule has 0 aliphatic carbocycles. The van der Waals surface area contributed by atoms with E-state index in [1.165, 1.54) is 25.1 Å². The van der Waals surface area contributed by atoms with E-state index in [9.17, 15) is 24.9 Å². The number of hydrogen-bond donors (Lipinski definition) is 5. The van der Waals surface area contributed by atoms with E-state index in [0.29, 0.717) is 5.56 Å². The van der Waals surface area contributed by atoms with Gasteiger partial charge in [0, 0.05) is 6.42 Å². The van der Waals surface area contributed by atoms with Gasteiger partial charge in [-0.1, -0.05) is 36.4 Å². The second-order valence-corrected chi connectivity index (χ2v) is 6.47. The molecule has 0 aromatic heterocycles. The van der Waals surface area contributed by atoms with Crippen molar-refractivity contribution in [3.63, 3.8) is 0 Å². The van der Waals surface area contributed by atoms with Gasteiger partial charge in [-0.15, -0.1) is 0 Å². The van der Waals surface area contributed by atoms with E-state index in [4.69, 9.17) is 5.73 Å². The van der Waals surface area contributed by atoms with E-state index in [1.54, 1.807) is 24.3 Å². The molecule has 0 aliphatic heterocycles. The molecule has 138 valence electrons. The third-order valence-corrected chi connectivity index (χ3v) is 4.02. The number of nitrogens with two attached hydrogens (primary N) is 1. The Morgan fingerprint density at radius 1 is 1.08 bits per heavy atom. The Hall–Kier alpha value is -3.06. The van der Waals surface area contributed by atoms with Crippen molar-refractivity contribution in [1.29, 1.82) is 0 Å². The van der Waals surface area contributed by atoms with Gasteiger partial charge in [0.15, 0.2) is 11.5 Å². The number of carbonyl (C=O) groups excluding carboxylic acids is 1. The summed E-state index contributed by atoms with van der Waals surface area (Å²) in [6, 6.07) is 12.0. The average molecular weight is 358 g/mol. The molecule has 0 radical (unpaired) electrons. The first-order valence-electron chi connectivity index (χ1n) is 8.06. The van der Waals surface area contributed by atoms with Crippen LogP contribution in [0.15, 0.2) is 48.5 Å². The Kier molecular flexibility index (Phi) is 5.84. The van der Waals surface area contributed by atoms with Crippen LogP contribution in [-0.2, 0) is 22.4 Å². The number of carbonyl (C=O) groups is 2. The molecule has 7 nitrogen and oxygen atoms in total. The first-order chi connectivity index (χ1) is 12.2. The van der Waals surface area contributed by atoms with Gasteiger partial charge in [-0.2, -0.15) is 0 Å². The van der Waals surface area contributed by atoms with Crippen LogP contribution < -0.4 is 11.1 Å². The predicted molar refractivity (Wildman–Crippen MR) is 95.8 cm³/mol. The topological polar surface area (TPSA) is 133 Å². The number of amides is 1. The van der Waals surface area contributed by atoms with E-state index in [-0.39, 0.29) is 24.3 Å². The van der Waals surface area contributed by atoms with Crippen molar-refractivity contribution in [2.75, 3.05) is 0 Å². The summed E-state index contributed by atoms with van der Waals surface area (Å²) in [6.07, 6.45) is 0.197. The fourth-order valence-electron chi connectivity index (χ4n) is 2.56. The van der Waals surface area contributed by atoms with Crippen molar-refractivity contribution in [1.82, 2.24) is 5.32 Å². The molecule has 7 heteroatoms. The standard InChI is InChI=1S/C19H22N2O5/c1-19(20,11-13-7-8-15(22)16(23)10-13)18(26)21-14(17(24)25)9-12-5-3-2-4-6-12/h2-8,10,14,22-23H,9,11,20H2,1H3,(H,21,26)(H,24,25). The van der Waals surface area contributed by atoms with Crippen LogP contribution in [0.5, 0.6) is 11.5 Å². The fourth-order valence-corrected chi connectivity index (χ4v) is 2.56.